The summed E-state index contributed by atoms with van der Waals surface area (Å²) in [6.45, 7) is 7.26. The maximum Gasteiger partial charge on any atom is 0.219 e. The molecule has 1 aliphatic heterocycles. The van der Waals surface area contributed by atoms with E-state index in [4.69, 9.17) is 4.52 Å². The van der Waals surface area contributed by atoms with E-state index >= 15 is 0 Å². The number of nitrogens with zero attached hydrogens (tertiary/aromatic N) is 2. The second kappa shape index (κ2) is 5.01. The Kier molecular flexibility index (Phi) is 3.77. The van der Waals surface area contributed by atoms with Gasteiger partial charge in [-0.05, 0) is 25.2 Å². The molecule has 0 saturated carbocycles. The van der Waals surface area contributed by atoms with Gasteiger partial charge in [-0.2, -0.15) is 0 Å². The van der Waals surface area contributed by atoms with Gasteiger partial charge in [-0.1, -0.05) is 19.0 Å². The van der Waals surface area contributed by atoms with Gasteiger partial charge in [0.15, 0.2) is 0 Å². The van der Waals surface area contributed by atoms with Gasteiger partial charge in [0, 0.05) is 19.2 Å². The van der Waals surface area contributed by atoms with E-state index in [2.05, 4.69) is 19.0 Å². The number of aromatic nitrogens is 1. The largest absolute Gasteiger partial charge is 0.361 e. The summed E-state index contributed by atoms with van der Waals surface area (Å²) in [5.41, 5.74) is 0.485. The Hall–Kier alpha value is -0.880. The predicted molar refractivity (Wildman–Crippen MR) is 68.4 cm³/mol. The molecule has 2 atom stereocenters. The van der Waals surface area contributed by atoms with Crippen molar-refractivity contribution < 1.29 is 12.9 Å². The summed E-state index contributed by atoms with van der Waals surface area (Å²) in [5.74, 6) is 1.57. The molecular formula is C12H20N2O3S. The lowest BCUT2D eigenvalue weighted by atomic mass is 9.90. The third-order valence-electron chi connectivity index (χ3n) is 3.70. The van der Waals surface area contributed by atoms with Crippen LogP contribution in [0.15, 0.2) is 10.6 Å². The van der Waals surface area contributed by atoms with Crippen molar-refractivity contribution in [3.8, 4) is 0 Å². The second-order valence-electron chi connectivity index (χ2n) is 5.29. The Morgan fingerprint density at radius 1 is 1.44 bits per heavy atom. The SMILES string of the molecule is Cc1cc(CS(=O)(=O)N2CCC(C)C(C)C2)no1. The van der Waals surface area contributed by atoms with Gasteiger partial charge in [-0.25, -0.2) is 12.7 Å². The second-order valence-corrected chi connectivity index (χ2v) is 7.26. The lowest BCUT2D eigenvalue weighted by Gasteiger charge is -2.34. The number of aryl methyl sites for hydroxylation is 1. The highest BCUT2D eigenvalue weighted by molar-refractivity contribution is 7.88. The third-order valence-corrected chi connectivity index (χ3v) is 5.48. The molecule has 0 aliphatic carbocycles. The first-order valence-electron chi connectivity index (χ1n) is 6.28. The Labute approximate surface area is 108 Å². The van der Waals surface area contributed by atoms with E-state index in [1.54, 1.807) is 17.3 Å². The van der Waals surface area contributed by atoms with Crippen LogP contribution in [0.25, 0.3) is 0 Å². The predicted octanol–water partition coefficient (Wildman–Crippen LogP) is 1.79. The number of sulfonamides is 1. The van der Waals surface area contributed by atoms with Crippen molar-refractivity contribution in [3.05, 3.63) is 17.5 Å². The minimum atomic E-state index is -3.27. The molecule has 2 heterocycles. The van der Waals surface area contributed by atoms with E-state index in [-0.39, 0.29) is 5.75 Å². The topological polar surface area (TPSA) is 63.4 Å². The molecular weight excluding hydrogens is 252 g/mol. The van der Waals surface area contributed by atoms with Crippen LogP contribution < -0.4 is 0 Å². The molecule has 18 heavy (non-hydrogen) atoms. The molecule has 1 aliphatic rings. The molecule has 0 amide bonds. The summed E-state index contributed by atoms with van der Waals surface area (Å²) in [5, 5.41) is 3.75. The first-order chi connectivity index (χ1) is 8.38. The third kappa shape index (κ3) is 2.92. The highest BCUT2D eigenvalue weighted by atomic mass is 32.2. The minimum absolute atomic E-state index is 0.0640. The van der Waals surface area contributed by atoms with E-state index in [9.17, 15) is 8.42 Å². The molecule has 0 aromatic carbocycles. The first kappa shape index (κ1) is 13.5. The average Bonchev–Trinajstić information content (AvgIpc) is 2.67. The van der Waals surface area contributed by atoms with E-state index in [1.165, 1.54) is 0 Å². The van der Waals surface area contributed by atoms with Crippen LogP contribution in [0.3, 0.4) is 0 Å². The molecule has 0 radical (unpaired) electrons. The van der Waals surface area contributed by atoms with Crippen molar-refractivity contribution in [2.75, 3.05) is 13.1 Å². The Balaban J connectivity index is 2.07. The molecule has 1 fully saturated rings. The lowest BCUT2D eigenvalue weighted by Crippen LogP contribution is -2.42. The van der Waals surface area contributed by atoms with Gasteiger partial charge in [0.2, 0.25) is 10.0 Å². The maximum absolute atomic E-state index is 12.3. The van der Waals surface area contributed by atoms with Gasteiger partial charge in [0.05, 0.1) is 0 Å². The number of rotatable bonds is 3. The number of piperidine rings is 1. The summed E-state index contributed by atoms with van der Waals surface area (Å²) in [7, 11) is -3.27. The molecule has 6 heteroatoms. The Morgan fingerprint density at radius 2 is 2.17 bits per heavy atom. The van der Waals surface area contributed by atoms with Gasteiger partial charge in [-0.15, -0.1) is 0 Å². The van der Waals surface area contributed by atoms with Crippen molar-refractivity contribution >= 4 is 10.0 Å². The fraction of sp³-hybridized carbons (Fsp3) is 0.750. The summed E-state index contributed by atoms with van der Waals surface area (Å²) in [6.07, 6.45) is 0.929. The van der Waals surface area contributed by atoms with Crippen LogP contribution in [-0.4, -0.2) is 31.0 Å². The molecule has 2 rings (SSSR count). The van der Waals surface area contributed by atoms with Crippen molar-refractivity contribution in [2.45, 2.75) is 32.9 Å². The normalized spacial score (nSPS) is 26.4. The first-order valence-corrected chi connectivity index (χ1v) is 7.89. The Morgan fingerprint density at radius 3 is 2.72 bits per heavy atom. The fourth-order valence-electron chi connectivity index (χ4n) is 2.24. The molecule has 0 bridgehead atoms. The molecule has 1 aromatic rings. The van der Waals surface area contributed by atoms with E-state index in [1.807, 2.05) is 0 Å². The van der Waals surface area contributed by atoms with Gasteiger partial charge < -0.3 is 4.52 Å². The van der Waals surface area contributed by atoms with Crippen LogP contribution in [-0.2, 0) is 15.8 Å². The van der Waals surface area contributed by atoms with Gasteiger partial charge in [0.25, 0.3) is 0 Å². The van der Waals surface area contributed by atoms with Crippen LogP contribution in [0.4, 0.5) is 0 Å². The van der Waals surface area contributed by atoms with Crippen LogP contribution >= 0.6 is 0 Å². The lowest BCUT2D eigenvalue weighted by molar-refractivity contribution is 0.212. The zero-order valence-corrected chi connectivity index (χ0v) is 11.9. The molecule has 5 nitrogen and oxygen atoms in total. The highest BCUT2D eigenvalue weighted by Gasteiger charge is 2.31. The van der Waals surface area contributed by atoms with Crippen molar-refractivity contribution in [3.63, 3.8) is 0 Å². The zero-order valence-electron chi connectivity index (χ0n) is 11.1. The summed E-state index contributed by atoms with van der Waals surface area (Å²) in [4.78, 5) is 0. The minimum Gasteiger partial charge on any atom is -0.361 e. The monoisotopic (exact) mass is 272 g/mol. The van der Waals surface area contributed by atoms with Gasteiger partial charge >= 0.3 is 0 Å². The molecule has 0 N–H and O–H groups in total. The highest BCUT2D eigenvalue weighted by Crippen LogP contribution is 2.25. The van der Waals surface area contributed by atoms with Gasteiger partial charge in [-0.3, -0.25) is 0 Å². The fourth-order valence-corrected chi connectivity index (χ4v) is 3.78. The molecule has 2 unspecified atom stereocenters. The average molecular weight is 272 g/mol. The van der Waals surface area contributed by atoms with Crippen LogP contribution in [0.2, 0.25) is 0 Å². The number of hydrogen-bond donors (Lipinski definition) is 0. The van der Waals surface area contributed by atoms with Gasteiger partial charge in [0.1, 0.15) is 17.2 Å². The summed E-state index contributed by atoms with van der Waals surface area (Å²) >= 11 is 0. The number of hydrogen-bond acceptors (Lipinski definition) is 4. The van der Waals surface area contributed by atoms with Crippen LogP contribution in [0.5, 0.6) is 0 Å². The standard InChI is InChI=1S/C12H20N2O3S/c1-9-4-5-14(7-10(9)2)18(15,16)8-12-6-11(3)17-13-12/h6,9-10H,4-5,7-8H2,1-3H3. The molecule has 1 aromatic heterocycles. The molecule has 102 valence electrons. The quantitative estimate of drug-likeness (QED) is 0.841. The Bertz CT molecular complexity index is 509. The zero-order chi connectivity index (χ0) is 13.3. The van der Waals surface area contributed by atoms with E-state index < -0.39 is 10.0 Å². The summed E-state index contributed by atoms with van der Waals surface area (Å²) < 4.78 is 31.0. The van der Waals surface area contributed by atoms with Crippen LogP contribution in [0, 0.1) is 18.8 Å². The molecule has 0 spiro atoms. The van der Waals surface area contributed by atoms with E-state index in [0.29, 0.717) is 36.4 Å². The maximum atomic E-state index is 12.3. The molecule has 1 saturated heterocycles. The van der Waals surface area contributed by atoms with Crippen molar-refractivity contribution in [1.29, 1.82) is 0 Å². The smallest absolute Gasteiger partial charge is 0.219 e. The van der Waals surface area contributed by atoms with Crippen LogP contribution in [0.1, 0.15) is 31.7 Å². The van der Waals surface area contributed by atoms with E-state index in [0.717, 1.165) is 6.42 Å². The van der Waals surface area contributed by atoms with Crippen molar-refractivity contribution in [2.24, 2.45) is 11.8 Å². The van der Waals surface area contributed by atoms with Crippen molar-refractivity contribution in [1.82, 2.24) is 9.46 Å². The summed E-state index contributed by atoms with van der Waals surface area (Å²) in [6, 6.07) is 1.67.